The van der Waals surface area contributed by atoms with Crippen molar-refractivity contribution >= 4 is 21.6 Å². The fourth-order valence-corrected chi connectivity index (χ4v) is 3.68. The molecule has 4 nitrogen and oxygen atoms in total. The molecule has 0 unspecified atom stereocenters. The Morgan fingerprint density at radius 3 is 2.63 bits per heavy atom. The van der Waals surface area contributed by atoms with E-state index in [1.54, 1.807) is 19.2 Å². The largest absolute Gasteiger partial charge is 0.326 e. The molecule has 1 aliphatic rings. The van der Waals surface area contributed by atoms with Crippen LogP contribution in [0.15, 0.2) is 23.1 Å². The quantitative estimate of drug-likeness (QED) is 0.907. The van der Waals surface area contributed by atoms with Gasteiger partial charge in [0.05, 0.1) is 4.90 Å². The van der Waals surface area contributed by atoms with Gasteiger partial charge in [0, 0.05) is 25.2 Å². The van der Waals surface area contributed by atoms with E-state index in [0.29, 0.717) is 23.0 Å². The molecule has 19 heavy (non-hydrogen) atoms. The minimum Gasteiger partial charge on any atom is -0.326 e. The summed E-state index contributed by atoms with van der Waals surface area (Å²) < 4.78 is 26.3. The molecule has 0 spiro atoms. The number of hydrogen-bond donors (Lipinski definition) is 1. The Morgan fingerprint density at radius 2 is 2.11 bits per heavy atom. The average Bonchev–Trinajstić information content (AvgIpc) is 2.33. The molecule has 106 valence electrons. The number of nitrogens with two attached hydrogens (primary N) is 1. The molecule has 0 aromatic heterocycles. The highest BCUT2D eigenvalue weighted by atomic mass is 35.5. The average molecular weight is 303 g/mol. The topological polar surface area (TPSA) is 63.4 Å². The first-order valence-corrected chi connectivity index (χ1v) is 8.22. The zero-order valence-electron chi connectivity index (χ0n) is 11.0. The van der Waals surface area contributed by atoms with Gasteiger partial charge in [0.1, 0.15) is 0 Å². The van der Waals surface area contributed by atoms with Gasteiger partial charge in [-0.2, -0.15) is 0 Å². The lowest BCUT2D eigenvalue weighted by Crippen LogP contribution is -2.34. The van der Waals surface area contributed by atoms with Gasteiger partial charge >= 0.3 is 0 Å². The summed E-state index contributed by atoms with van der Waals surface area (Å²) in [6, 6.07) is 4.69. The Hall–Kier alpha value is -0.620. The van der Waals surface area contributed by atoms with E-state index in [0.717, 1.165) is 12.8 Å². The van der Waals surface area contributed by atoms with Crippen LogP contribution in [0.3, 0.4) is 0 Å². The van der Waals surface area contributed by atoms with Crippen molar-refractivity contribution in [1.29, 1.82) is 0 Å². The maximum Gasteiger partial charge on any atom is 0.242 e. The molecule has 2 N–H and O–H groups in total. The summed E-state index contributed by atoms with van der Waals surface area (Å²) in [5.74, 6) is 0.501. The third-order valence-electron chi connectivity index (χ3n) is 3.69. The number of nitrogens with zero attached hydrogens (tertiary/aromatic N) is 1. The molecule has 0 heterocycles. The van der Waals surface area contributed by atoms with Crippen LogP contribution in [0.1, 0.15) is 24.8 Å². The van der Waals surface area contributed by atoms with Crippen LogP contribution in [0, 0.1) is 5.92 Å². The summed E-state index contributed by atoms with van der Waals surface area (Å²) in [5, 5.41) is 0.503. The fraction of sp³-hybridized carbons (Fsp3) is 0.538. The lowest BCUT2D eigenvalue weighted by Gasteiger charge is -2.29. The van der Waals surface area contributed by atoms with Crippen molar-refractivity contribution in [2.45, 2.75) is 30.7 Å². The van der Waals surface area contributed by atoms with Gasteiger partial charge in [0.2, 0.25) is 10.0 Å². The molecule has 0 atom stereocenters. The molecule has 0 radical (unpaired) electrons. The van der Waals surface area contributed by atoms with E-state index >= 15 is 0 Å². The summed E-state index contributed by atoms with van der Waals surface area (Å²) >= 11 is 5.95. The van der Waals surface area contributed by atoms with E-state index in [1.807, 2.05) is 0 Å². The van der Waals surface area contributed by atoms with E-state index in [4.69, 9.17) is 17.3 Å². The SMILES string of the molecule is CN(CC1CCC1)S(=O)(=O)c1ccc(Cl)c(CN)c1. The van der Waals surface area contributed by atoms with Crippen LogP contribution in [0.4, 0.5) is 0 Å². The van der Waals surface area contributed by atoms with Gasteiger partial charge in [-0.25, -0.2) is 12.7 Å². The lowest BCUT2D eigenvalue weighted by molar-refractivity contribution is 0.263. The molecule has 2 rings (SSSR count). The van der Waals surface area contributed by atoms with E-state index < -0.39 is 10.0 Å². The zero-order chi connectivity index (χ0) is 14.0. The van der Waals surface area contributed by atoms with Crippen molar-refractivity contribution < 1.29 is 8.42 Å². The third kappa shape index (κ3) is 3.11. The van der Waals surface area contributed by atoms with Crippen LogP contribution in [0.2, 0.25) is 5.02 Å². The molecule has 0 bridgehead atoms. The second-order valence-corrected chi connectivity index (χ2v) is 7.49. The molecule has 0 aliphatic heterocycles. The van der Waals surface area contributed by atoms with Crippen LogP contribution < -0.4 is 5.73 Å². The monoisotopic (exact) mass is 302 g/mol. The molecule has 1 aliphatic carbocycles. The van der Waals surface area contributed by atoms with Crippen molar-refractivity contribution in [2.24, 2.45) is 11.7 Å². The van der Waals surface area contributed by atoms with Gasteiger partial charge in [0.25, 0.3) is 0 Å². The van der Waals surface area contributed by atoms with Gasteiger partial charge in [-0.1, -0.05) is 18.0 Å². The zero-order valence-corrected chi connectivity index (χ0v) is 12.5. The minimum absolute atomic E-state index is 0.231. The minimum atomic E-state index is -3.44. The fourth-order valence-electron chi connectivity index (χ4n) is 2.19. The summed E-state index contributed by atoms with van der Waals surface area (Å²) in [6.07, 6.45) is 3.44. The van der Waals surface area contributed by atoms with Gasteiger partial charge in [-0.05, 0) is 42.5 Å². The summed E-state index contributed by atoms with van der Waals surface area (Å²) in [4.78, 5) is 0.263. The number of hydrogen-bond acceptors (Lipinski definition) is 3. The molecule has 1 saturated carbocycles. The molecular weight excluding hydrogens is 284 g/mol. The molecular formula is C13H19ClN2O2S. The lowest BCUT2D eigenvalue weighted by atomic mass is 9.86. The number of benzene rings is 1. The Kier molecular flexibility index (Phi) is 4.50. The highest BCUT2D eigenvalue weighted by Gasteiger charge is 2.27. The van der Waals surface area contributed by atoms with E-state index in [2.05, 4.69) is 0 Å². The Bertz CT molecular complexity index is 556. The van der Waals surface area contributed by atoms with Gasteiger partial charge in [-0.3, -0.25) is 0 Å². The van der Waals surface area contributed by atoms with Crippen molar-refractivity contribution in [3.8, 4) is 0 Å². The molecule has 0 amide bonds. The van der Waals surface area contributed by atoms with E-state index in [9.17, 15) is 8.42 Å². The highest BCUT2D eigenvalue weighted by Crippen LogP contribution is 2.29. The maximum atomic E-state index is 12.4. The first-order chi connectivity index (χ1) is 8.95. The van der Waals surface area contributed by atoms with Crippen molar-refractivity contribution in [3.05, 3.63) is 28.8 Å². The van der Waals surface area contributed by atoms with Crippen molar-refractivity contribution in [3.63, 3.8) is 0 Å². The van der Waals surface area contributed by atoms with E-state index in [-0.39, 0.29) is 11.4 Å². The Balaban J connectivity index is 2.22. The number of rotatable bonds is 5. The van der Waals surface area contributed by atoms with Crippen molar-refractivity contribution in [2.75, 3.05) is 13.6 Å². The van der Waals surface area contributed by atoms with Gasteiger partial charge in [0.15, 0.2) is 0 Å². The normalized spacial score (nSPS) is 16.6. The predicted molar refractivity (Wildman–Crippen MR) is 76.5 cm³/mol. The van der Waals surface area contributed by atoms with Crippen LogP contribution in [-0.2, 0) is 16.6 Å². The molecule has 1 aromatic rings. The highest BCUT2D eigenvalue weighted by molar-refractivity contribution is 7.89. The number of sulfonamides is 1. The van der Waals surface area contributed by atoms with E-state index in [1.165, 1.54) is 16.8 Å². The first-order valence-electron chi connectivity index (χ1n) is 6.40. The van der Waals surface area contributed by atoms with Gasteiger partial charge < -0.3 is 5.73 Å². The van der Waals surface area contributed by atoms with Crippen LogP contribution in [-0.4, -0.2) is 26.3 Å². The standard InChI is InChI=1S/C13H19ClN2O2S/c1-16(9-10-3-2-4-10)19(17,18)12-5-6-13(14)11(7-12)8-15/h5-7,10H,2-4,8-9,15H2,1H3. The number of halogens is 1. The smallest absolute Gasteiger partial charge is 0.242 e. The molecule has 1 aromatic carbocycles. The summed E-state index contributed by atoms with van der Waals surface area (Å²) in [6.45, 7) is 0.817. The molecule has 6 heteroatoms. The third-order valence-corrected chi connectivity index (χ3v) is 5.87. The molecule has 0 saturated heterocycles. The summed E-state index contributed by atoms with van der Waals surface area (Å²) in [7, 11) is -1.81. The second-order valence-electron chi connectivity index (χ2n) is 5.04. The van der Waals surface area contributed by atoms with Crippen LogP contribution in [0.25, 0.3) is 0 Å². The summed E-state index contributed by atoms with van der Waals surface area (Å²) in [5.41, 5.74) is 6.21. The van der Waals surface area contributed by atoms with Gasteiger partial charge in [-0.15, -0.1) is 0 Å². The van der Waals surface area contributed by atoms with Crippen LogP contribution in [0.5, 0.6) is 0 Å². The second kappa shape index (κ2) is 5.79. The maximum absolute atomic E-state index is 12.4. The van der Waals surface area contributed by atoms with Crippen LogP contribution >= 0.6 is 11.6 Å². The predicted octanol–water partition coefficient (Wildman–Crippen LogP) is 2.22. The first kappa shape index (κ1) is 14.8. The Morgan fingerprint density at radius 1 is 1.42 bits per heavy atom. The Labute approximate surface area is 119 Å². The van der Waals surface area contributed by atoms with Crippen molar-refractivity contribution in [1.82, 2.24) is 4.31 Å². The molecule has 1 fully saturated rings.